The molecule has 56 valence electrons. The molecule has 0 fully saturated rings. The zero-order valence-corrected chi connectivity index (χ0v) is 6.49. The van der Waals surface area contributed by atoms with E-state index in [0.29, 0.717) is 0 Å². The highest BCUT2D eigenvalue weighted by Gasteiger charge is 1.92. The maximum atomic E-state index is 4.12. The van der Waals surface area contributed by atoms with Crippen molar-refractivity contribution in [2.24, 2.45) is 4.99 Å². The first-order valence-electron chi connectivity index (χ1n) is 3.43. The van der Waals surface area contributed by atoms with E-state index in [0.717, 1.165) is 11.3 Å². The number of rotatable bonds is 2. The van der Waals surface area contributed by atoms with Gasteiger partial charge in [-0.2, -0.15) is 0 Å². The van der Waals surface area contributed by atoms with Crippen LogP contribution in [0.5, 0.6) is 0 Å². The Hall–Kier alpha value is -1.44. The van der Waals surface area contributed by atoms with Crippen molar-refractivity contribution in [2.45, 2.75) is 6.92 Å². The number of nitrogens with zero attached hydrogens (tertiary/aromatic N) is 2. The SMILES string of the molecule is C=Cc1ccncc1/N=C\C. The fourth-order valence-electron chi connectivity index (χ4n) is 0.816. The van der Waals surface area contributed by atoms with Crippen LogP contribution in [0.3, 0.4) is 0 Å². The summed E-state index contributed by atoms with van der Waals surface area (Å²) in [6, 6.07) is 1.88. The second-order valence-corrected chi connectivity index (χ2v) is 2.03. The Labute approximate surface area is 66.3 Å². The number of hydrogen-bond acceptors (Lipinski definition) is 2. The van der Waals surface area contributed by atoms with Gasteiger partial charge in [0.15, 0.2) is 0 Å². The summed E-state index contributed by atoms with van der Waals surface area (Å²) >= 11 is 0. The molecule has 0 atom stereocenters. The van der Waals surface area contributed by atoms with Gasteiger partial charge in [0.05, 0.1) is 11.9 Å². The lowest BCUT2D eigenvalue weighted by Gasteiger charge is -1.96. The van der Waals surface area contributed by atoms with Gasteiger partial charge in [-0.1, -0.05) is 12.7 Å². The van der Waals surface area contributed by atoms with Gasteiger partial charge in [0.2, 0.25) is 0 Å². The summed E-state index contributed by atoms with van der Waals surface area (Å²) in [6.45, 7) is 5.55. The summed E-state index contributed by atoms with van der Waals surface area (Å²) in [7, 11) is 0. The first-order chi connectivity index (χ1) is 5.38. The van der Waals surface area contributed by atoms with Crippen LogP contribution in [0.15, 0.2) is 30.0 Å². The molecule has 0 N–H and O–H groups in total. The molecule has 1 aromatic rings. The monoisotopic (exact) mass is 146 g/mol. The van der Waals surface area contributed by atoms with Gasteiger partial charge in [-0.15, -0.1) is 0 Å². The molecule has 1 aromatic heterocycles. The smallest absolute Gasteiger partial charge is 0.0880 e. The van der Waals surface area contributed by atoms with Gasteiger partial charge in [0.25, 0.3) is 0 Å². The molecule has 0 bridgehead atoms. The van der Waals surface area contributed by atoms with Gasteiger partial charge in [0.1, 0.15) is 0 Å². The van der Waals surface area contributed by atoms with E-state index in [9.17, 15) is 0 Å². The molecular formula is C9H10N2. The second kappa shape index (κ2) is 3.66. The van der Waals surface area contributed by atoms with Crippen molar-refractivity contribution in [2.75, 3.05) is 0 Å². The van der Waals surface area contributed by atoms with E-state index in [-0.39, 0.29) is 0 Å². The molecule has 0 amide bonds. The van der Waals surface area contributed by atoms with Crippen molar-refractivity contribution >= 4 is 18.0 Å². The molecule has 0 aliphatic heterocycles. The normalized spacial score (nSPS) is 10.3. The Morgan fingerprint density at radius 2 is 2.45 bits per heavy atom. The molecule has 0 spiro atoms. The summed E-state index contributed by atoms with van der Waals surface area (Å²) in [5, 5.41) is 0. The molecule has 1 heterocycles. The molecule has 0 aliphatic carbocycles. The average molecular weight is 146 g/mol. The van der Waals surface area contributed by atoms with Gasteiger partial charge >= 0.3 is 0 Å². The molecule has 0 aliphatic rings. The van der Waals surface area contributed by atoms with Crippen LogP contribution in [0, 0.1) is 0 Å². The van der Waals surface area contributed by atoms with Crippen LogP contribution in [0.4, 0.5) is 5.69 Å². The van der Waals surface area contributed by atoms with E-state index < -0.39 is 0 Å². The van der Waals surface area contributed by atoms with Gasteiger partial charge in [-0.05, 0) is 13.0 Å². The Morgan fingerprint density at radius 3 is 3.09 bits per heavy atom. The van der Waals surface area contributed by atoms with Gasteiger partial charge < -0.3 is 0 Å². The lowest BCUT2D eigenvalue weighted by molar-refractivity contribution is 1.30. The fraction of sp³-hybridized carbons (Fsp3) is 0.111. The summed E-state index contributed by atoms with van der Waals surface area (Å²) in [6.07, 6.45) is 6.96. The third-order valence-corrected chi connectivity index (χ3v) is 1.32. The van der Waals surface area contributed by atoms with Crippen LogP contribution in [0.1, 0.15) is 12.5 Å². The van der Waals surface area contributed by atoms with Crippen molar-refractivity contribution in [1.82, 2.24) is 4.98 Å². The van der Waals surface area contributed by atoms with Crippen molar-refractivity contribution < 1.29 is 0 Å². The van der Waals surface area contributed by atoms with Gasteiger partial charge in [-0.3, -0.25) is 9.98 Å². The van der Waals surface area contributed by atoms with Crippen LogP contribution in [0.25, 0.3) is 6.08 Å². The summed E-state index contributed by atoms with van der Waals surface area (Å²) in [5.41, 5.74) is 1.88. The van der Waals surface area contributed by atoms with Crippen LogP contribution < -0.4 is 0 Å². The fourth-order valence-corrected chi connectivity index (χ4v) is 0.816. The average Bonchev–Trinajstić information content (AvgIpc) is 2.06. The van der Waals surface area contributed by atoms with E-state index in [1.165, 1.54) is 0 Å². The van der Waals surface area contributed by atoms with Crippen molar-refractivity contribution in [1.29, 1.82) is 0 Å². The van der Waals surface area contributed by atoms with E-state index in [1.54, 1.807) is 24.7 Å². The van der Waals surface area contributed by atoms with E-state index in [2.05, 4.69) is 16.6 Å². The molecule has 1 rings (SSSR count). The second-order valence-electron chi connectivity index (χ2n) is 2.03. The van der Waals surface area contributed by atoms with Crippen LogP contribution in [0.2, 0.25) is 0 Å². The third kappa shape index (κ3) is 1.74. The lowest BCUT2D eigenvalue weighted by Crippen LogP contribution is -1.76. The summed E-state index contributed by atoms with van der Waals surface area (Å²) in [4.78, 5) is 8.07. The predicted octanol–water partition coefficient (Wildman–Crippen LogP) is 2.45. The lowest BCUT2D eigenvalue weighted by atomic mass is 10.2. The zero-order chi connectivity index (χ0) is 8.10. The van der Waals surface area contributed by atoms with Crippen molar-refractivity contribution in [3.8, 4) is 0 Å². The number of aromatic nitrogens is 1. The molecule has 0 unspecified atom stereocenters. The quantitative estimate of drug-likeness (QED) is 0.588. The topological polar surface area (TPSA) is 25.2 Å². The summed E-state index contributed by atoms with van der Waals surface area (Å²) in [5.74, 6) is 0. The highest BCUT2D eigenvalue weighted by molar-refractivity contribution is 5.67. The van der Waals surface area contributed by atoms with Gasteiger partial charge in [-0.25, -0.2) is 0 Å². The van der Waals surface area contributed by atoms with Gasteiger partial charge in [0, 0.05) is 18.0 Å². The third-order valence-electron chi connectivity index (χ3n) is 1.32. The van der Waals surface area contributed by atoms with Crippen molar-refractivity contribution in [3.05, 3.63) is 30.6 Å². The molecule has 0 aromatic carbocycles. The molecule has 2 heteroatoms. The minimum Gasteiger partial charge on any atom is -0.262 e. The highest BCUT2D eigenvalue weighted by atomic mass is 14.8. The Kier molecular flexibility index (Phi) is 2.55. The molecule has 11 heavy (non-hydrogen) atoms. The molecule has 0 saturated heterocycles. The van der Waals surface area contributed by atoms with Crippen LogP contribution >= 0.6 is 0 Å². The van der Waals surface area contributed by atoms with E-state index in [4.69, 9.17) is 0 Å². The molecule has 0 saturated carbocycles. The number of pyridine rings is 1. The first-order valence-corrected chi connectivity index (χ1v) is 3.43. The van der Waals surface area contributed by atoms with E-state index >= 15 is 0 Å². The summed E-state index contributed by atoms with van der Waals surface area (Å²) < 4.78 is 0. The highest BCUT2D eigenvalue weighted by Crippen LogP contribution is 2.16. The molecule has 0 radical (unpaired) electrons. The Balaban J connectivity index is 3.11. The predicted molar refractivity (Wildman–Crippen MR) is 48.2 cm³/mol. The molecule has 2 nitrogen and oxygen atoms in total. The first kappa shape index (κ1) is 7.66. The Bertz CT molecular complexity index is 277. The van der Waals surface area contributed by atoms with Crippen LogP contribution in [-0.2, 0) is 0 Å². The minimum atomic E-state index is 0.866. The van der Waals surface area contributed by atoms with Crippen LogP contribution in [-0.4, -0.2) is 11.2 Å². The minimum absolute atomic E-state index is 0.866. The zero-order valence-electron chi connectivity index (χ0n) is 6.49. The number of hydrogen-bond donors (Lipinski definition) is 0. The molecular weight excluding hydrogens is 136 g/mol. The maximum Gasteiger partial charge on any atom is 0.0880 e. The van der Waals surface area contributed by atoms with Crippen molar-refractivity contribution in [3.63, 3.8) is 0 Å². The number of aliphatic imine (C=N–C) groups is 1. The van der Waals surface area contributed by atoms with E-state index in [1.807, 2.05) is 13.0 Å². The maximum absolute atomic E-state index is 4.12. The standard InChI is InChI=1S/C9H10N2/c1-3-8-5-6-10-7-9(8)11-4-2/h3-7H,1H2,2H3/b11-4-. The largest absolute Gasteiger partial charge is 0.262 e. The Morgan fingerprint density at radius 1 is 1.64 bits per heavy atom.